The number of benzene rings is 1. The van der Waals surface area contributed by atoms with Gasteiger partial charge in [0.15, 0.2) is 0 Å². The van der Waals surface area contributed by atoms with Gasteiger partial charge in [0, 0.05) is 9.50 Å². The van der Waals surface area contributed by atoms with Crippen molar-refractivity contribution in [1.82, 2.24) is 0 Å². The molecule has 0 radical (unpaired) electrons. The van der Waals surface area contributed by atoms with Crippen molar-refractivity contribution in [2.75, 3.05) is 5.32 Å². The number of nitrogens with one attached hydrogen (secondary N) is 1. The van der Waals surface area contributed by atoms with Gasteiger partial charge in [-0.3, -0.25) is 4.79 Å². The van der Waals surface area contributed by atoms with Gasteiger partial charge in [-0.25, -0.2) is 0 Å². The quantitative estimate of drug-likeness (QED) is 0.836. The van der Waals surface area contributed by atoms with E-state index in [1.165, 1.54) is 0 Å². The predicted molar refractivity (Wildman–Crippen MR) is 76.2 cm³/mol. The van der Waals surface area contributed by atoms with Crippen LogP contribution in [-0.2, 0) is 4.79 Å². The lowest BCUT2D eigenvalue weighted by atomic mass is 10.1. The van der Waals surface area contributed by atoms with Gasteiger partial charge in [-0.2, -0.15) is 0 Å². The first-order chi connectivity index (χ1) is 7.95. The molecule has 0 aromatic heterocycles. The number of rotatable bonds is 3. The van der Waals surface area contributed by atoms with Crippen molar-refractivity contribution in [3.63, 3.8) is 0 Å². The Hall–Kier alpha value is -0.650. The zero-order valence-corrected chi connectivity index (χ0v) is 12.0. The fourth-order valence-corrected chi connectivity index (χ4v) is 2.62. The summed E-state index contributed by atoms with van der Waals surface area (Å²) in [5.74, 6) is -0.145. The number of hydrogen-bond donors (Lipinski definition) is 2. The van der Waals surface area contributed by atoms with E-state index in [2.05, 4.69) is 21.2 Å². The third-order valence-electron chi connectivity index (χ3n) is 2.84. The molecule has 0 atom stereocenters. The van der Waals surface area contributed by atoms with Crippen LogP contribution < -0.4 is 11.1 Å². The Bertz CT molecular complexity index is 502. The molecule has 1 fully saturated rings. The van der Waals surface area contributed by atoms with E-state index in [1.54, 1.807) is 18.2 Å². The van der Waals surface area contributed by atoms with Crippen molar-refractivity contribution in [3.05, 3.63) is 27.7 Å². The van der Waals surface area contributed by atoms with Gasteiger partial charge in [-0.15, -0.1) is 0 Å². The molecular formula is C11H10BrClN2OS. The minimum absolute atomic E-state index is 0.145. The topological polar surface area (TPSA) is 55.1 Å². The van der Waals surface area contributed by atoms with Gasteiger partial charge in [-0.05, 0) is 47.0 Å². The number of carbonyl (C=O) groups is 1. The average Bonchev–Trinajstić information content (AvgIpc) is 3.02. The molecular weight excluding hydrogens is 324 g/mol. The second-order valence-corrected chi connectivity index (χ2v) is 5.76. The lowest BCUT2D eigenvalue weighted by Gasteiger charge is -2.14. The molecule has 1 aliphatic carbocycles. The Labute approximate surface area is 118 Å². The number of carbonyl (C=O) groups excluding carboxylic acids is 1. The lowest BCUT2D eigenvalue weighted by Crippen LogP contribution is -2.35. The second-order valence-electron chi connectivity index (χ2n) is 4.02. The minimum Gasteiger partial charge on any atom is -0.392 e. The van der Waals surface area contributed by atoms with Crippen LogP contribution in [0.1, 0.15) is 12.8 Å². The van der Waals surface area contributed by atoms with Crippen LogP contribution in [0.2, 0.25) is 5.02 Å². The van der Waals surface area contributed by atoms with E-state index in [0.717, 1.165) is 17.3 Å². The minimum atomic E-state index is -0.644. The summed E-state index contributed by atoms with van der Waals surface area (Å²) < 4.78 is 0.733. The van der Waals surface area contributed by atoms with Crippen LogP contribution in [0, 0.1) is 5.41 Å². The van der Waals surface area contributed by atoms with Crippen molar-refractivity contribution in [2.45, 2.75) is 12.8 Å². The Morgan fingerprint density at radius 2 is 2.18 bits per heavy atom. The molecule has 1 saturated carbocycles. The van der Waals surface area contributed by atoms with Crippen LogP contribution in [0.4, 0.5) is 5.69 Å². The highest BCUT2D eigenvalue weighted by Crippen LogP contribution is 2.47. The van der Waals surface area contributed by atoms with Crippen molar-refractivity contribution in [3.8, 4) is 0 Å². The SMILES string of the molecule is NC(=S)C1(C(=O)Nc2ccc(Cl)cc2Br)CC1. The molecule has 0 spiro atoms. The van der Waals surface area contributed by atoms with Crippen molar-refractivity contribution in [1.29, 1.82) is 0 Å². The Morgan fingerprint density at radius 1 is 1.53 bits per heavy atom. The molecule has 6 heteroatoms. The van der Waals surface area contributed by atoms with Gasteiger partial charge in [0.05, 0.1) is 16.1 Å². The first kappa shape index (κ1) is 12.8. The van der Waals surface area contributed by atoms with Crippen LogP contribution in [0.25, 0.3) is 0 Å². The zero-order valence-electron chi connectivity index (χ0n) is 8.80. The first-order valence-corrected chi connectivity index (χ1v) is 6.60. The highest BCUT2D eigenvalue weighted by Gasteiger charge is 2.52. The van der Waals surface area contributed by atoms with E-state index in [1.807, 2.05) is 0 Å². The van der Waals surface area contributed by atoms with Crippen molar-refractivity contribution in [2.24, 2.45) is 11.1 Å². The van der Waals surface area contributed by atoms with Crippen LogP contribution >= 0.6 is 39.7 Å². The number of anilines is 1. The zero-order chi connectivity index (χ0) is 12.6. The first-order valence-electron chi connectivity index (χ1n) is 5.02. The van der Waals surface area contributed by atoms with E-state index < -0.39 is 5.41 Å². The van der Waals surface area contributed by atoms with Gasteiger partial charge in [0.2, 0.25) is 5.91 Å². The second kappa shape index (κ2) is 4.55. The van der Waals surface area contributed by atoms with E-state index in [-0.39, 0.29) is 10.9 Å². The molecule has 0 aliphatic heterocycles. The van der Waals surface area contributed by atoms with Crippen LogP contribution in [0.15, 0.2) is 22.7 Å². The summed E-state index contributed by atoms with van der Waals surface area (Å²) in [4.78, 5) is 12.3. The third-order valence-corrected chi connectivity index (χ3v) is 4.12. The fraction of sp³-hybridized carbons (Fsp3) is 0.273. The third kappa shape index (κ3) is 2.46. The largest absolute Gasteiger partial charge is 0.392 e. The van der Waals surface area contributed by atoms with E-state index in [0.29, 0.717) is 10.7 Å². The van der Waals surface area contributed by atoms with Gasteiger partial charge >= 0.3 is 0 Å². The molecule has 17 heavy (non-hydrogen) atoms. The van der Waals surface area contributed by atoms with E-state index in [4.69, 9.17) is 29.6 Å². The molecule has 1 amide bonds. The van der Waals surface area contributed by atoms with Gasteiger partial charge in [-0.1, -0.05) is 23.8 Å². The smallest absolute Gasteiger partial charge is 0.237 e. The molecule has 1 aromatic carbocycles. The van der Waals surface area contributed by atoms with Crippen LogP contribution in [0.5, 0.6) is 0 Å². The Kier molecular flexibility index (Phi) is 3.43. The molecule has 3 N–H and O–H groups in total. The normalized spacial score (nSPS) is 16.4. The molecule has 0 bridgehead atoms. The molecule has 3 nitrogen and oxygen atoms in total. The highest BCUT2D eigenvalue weighted by atomic mass is 79.9. The van der Waals surface area contributed by atoms with E-state index in [9.17, 15) is 4.79 Å². The maximum atomic E-state index is 12.0. The number of hydrogen-bond acceptors (Lipinski definition) is 2. The molecule has 1 aliphatic rings. The summed E-state index contributed by atoms with van der Waals surface area (Å²) in [5, 5.41) is 3.41. The summed E-state index contributed by atoms with van der Waals surface area (Å²) in [7, 11) is 0. The van der Waals surface area contributed by atoms with Crippen LogP contribution in [0.3, 0.4) is 0 Å². The van der Waals surface area contributed by atoms with Gasteiger partial charge in [0.1, 0.15) is 0 Å². The standard InChI is InChI=1S/C11H10BrClN2OS/c12-7-5-6(13)1-2-8(7)15-10(16)11(3-4-11)9(14)17/h1-2,5H,3-4H2,(H2,14,17)(H,15,16). The van der Waals surface area contributed by atoms with Crippen molar-refractivity contribution >= 4 is 56.3 Å². The molecule has 0 unspecified atom stereocenters. The molecule has 2 rings (SSSR count). The summed E-state index contributed by atoms with van der Waals surface area (Å²) in [6.07, 6.45) is 1.44. The summed E-state index contributed by atoms with van der Waals surface area (Å²) in [6.45, 7) is 0. The summed E-state index contributed by atoms with van der Waals surface area (Å²) in [6, 6.07) is 5.17. The number of thiocarbonyl (C=S) groups is 1. The molecule has 0 saturated heterocycles. The van der Waals surface area contributed by atoms with Crippen LogP contribution in [-0.4, -0.2) is 10.9 Å². The molecule has 1 aromatic rings. The van der Waals surface area contributed by atoms with Gasteiger partial charge in [0.25, 0.3) is 0 Å². The maximum Gasteiger partial charge on any atom is 0.237 e. The Morgan fingerprint density at radius 3 is 2.65 bits per heavy atom. The highest BCUT2D eigenvalue weighted by molar-refractivity contribution is 9.10. The fourth-order valence-electron chi connectivity index (χ4n) is 1.54. The molecule has 90 valence electrons. The number of halogens is 2. The molecule has 0 heterocycles. The Balaban J connectivity index is 2.17. The summed E-state index contributed by atoms with van der Waals surface area (Å²) >= 11 is 14.1. The number of amides is 1. The number of nitrogens with two attached hydrogens (primary N) is 1. The maximum absolute atomic E-state index is 12.0. The monoisotopic (exact) mass is 332 g/mol. The van der Waals surface area contributed by atoms with Crippen molar-refractivity contribution < 1.29 is 4.79 Å². The average molecular weight is 334 g/mol. The predicted octanol–water partition coefficient (Wildman–Crippen LogP) is 3.11. The van der Waals surface area contributed by atoms with E-state index >= 15 is 0 Å². The summed E-state index contributed by atoms with van der Waals surface area (Å²) in [5.41, 5.74) is 5.61. The lowest BCUT2D eigenvalue weighted by molar-refractivity contribution is -0.118. The van der Waals surface area contributed by atoms with Gasteiger partial charge < -0.3 is 11.1 Å².